The predicted molar refractivity (Wildman–Crippen MR) is 92.3 cm³/mol. The molecule has 2 rings (SSSR count). The minimum absolute atomic E-state index is 0.0622. The van der Waals surface area contributed by atoms with Gasteiger partial charge in [-0.1, -0.05) is 30.0 Å². The third-order valence-corrected chi connectivity index (χ3v) is 4.36. The van der Waals surface area contributed by atoms with Crippen LogP contribution in [0.4, 0.5) is 24.9 Å². The second-order valence-electron chi connectivity index (χ2n) is 5.22. The van der Waals surface area contributed by atoms with Crippen LogP contribution >= 0.6 is 11.8 Å². The Morgan fingerprint density at radius 1 is 1.35 bits per heavy atom. The van der Waals surface area contributed by atoms with Gasteiger partial charge in [-0.15, -0.1) is 0 Å². The number of Topliss-reactive ketones (excluding diaryl/α,β-unsaturated/α-hetero) is 1. The van der Waals surface area contributed by atoms with E-state index >= 15 is 0 Å². The number of hydrogen-bond donors (Lipinski definition) is 2. The molecule has 2 aromatic rings. The molecule has 0 aliphatic heterocycles. The minimum Gasteiger partial charge on any atom is -0.372 e. The number of rotatable bonds is 7. The lowest BCUT2D eigenvalue weighted by molar-refractivity contribution is -0.137. The number of ketones is 1. The van der Waals surface area contributed by atoms with Crippen LogP contribution in [0.3, 0.4) is 0 Å². The van der Waals surface area contributed by atoms with Crippen LogP contribution in [0.5, 0.6) is 0 Å². The molecule has 0 bridgehead atoms. The number of hydrogen-bond acceptors (Lipinski definition) is 7. The molecule has 1 aromatic carbocycles. The second kappa shape index (κ2) is 8.17. The smallest absolute Gasteiger partial charge is 0.372 e. The van der Waals surface area contributed by atoms with Crippen LogP contribution < -0.4 is 11.1 Å². The molecule has 138 valence electrons. The lowest BCUT2D eigenvalue weighted by atomic mass is 10.1. The molecule has 10 heteroatoms. The van der Waals surface area contributed by atoms with Gasteiger partial charge in [0.25, 0.3) is 0 Å². The van der Waals surface area contributed by atoms with Crippen LogP contribution in [0.25, 0.3) is 0 Å². The summed E-state index contributed by atoms with van der Waals surface area (Å²) < 4.78 is 38.1. The summed E-state index contributed by atoms with van der Waals surface area (Å²) in [5.41, 5.74) is 5.19. The third kappa shape index (κ3) is 4.94. The average Bonchev–Trinajstić information content (AvgIpc) is 2.58. The second-order valence-corrected chi connectivity index (χ2v) is 6.18. The highest BCUT2D eigenvalue weighted by atomic mass is 32.2. The highest BCUT2D eigenvalue weighted by Gasteiger charge is 2.30. The highest BCUT2D eigenvalue weighted by Crippen LogP contribution is 2.30. The lowest BCUT2D eigenvalue weighted by Gasteiger charge is -2.10. The Bertz CT molecular complexity index is 828. The molecule has 0 aliphatic rings. The normalized spacial score (nSPS) is 11.2. The number of nitrogen functional groups attached to an aromatic ring is 1. The predicted octanol–water partition coefficient (Wildman–Crippen LogP) is 2.84. The molecule has 3 N–H and O–H groups in total. The maximum Gasteiger partial charge on any atom is 0.416 e. The number of nitrogens with one attached hydrogen (secondary N) is 1. The van der Waals surface area contributed by atoms with Crippen molar-refractivity contribution in [2.24, 2.45) is 0 Å². The number of carbonyl (C=O) groups excluding carboxylic acids is 2. The van der Waals surface area contributed by atoms with E-state index in [2.05, 4.69) is 15.3 Å². The summed E-state index contributed by atoms with van der Waals surface area (Å²) in [5, 5.41) is 2.94. The number of nitrogens with zero attached hydrogens (tertiary/aromatic N) is 2. The standard InChI is InChI=1S/C16H15F3N4O2S/c1-21-13-12(7-24)14(23-15(20)22-13)26-8-11(25)6-9-3-2-4-10(5-9)16(17,18)19/h2-5,7H,6,8H2,1H3,(H3,20,21,22,23). The number of benzene rings is 1. The molecule has 0 aliphatic carbocycles. The van der Waals surface area contributed by atoms with E-state index in [1.807, 2.05) is 0 Å². The van der Waals surface area contributed by atoms with Gasteiger partial charge in [-0.25, -0.2) is 4.98 Å². The molecule has 0 saturated carbocycles. The lowest BCUT2D eigenvalue weighted by Crippen LogP contribution is -2.10. The molecular formula is C16H15F3N4O2S. The number of aromatic nitrogens is 2. The first kappa shape index (κ1) is 19.7. The fourth-order valence-corrected chi connectivity index (χ4v) is 3.02. The number of thioether (sulfide) groups is 1. The summed E-state index contributed by atoms with van der Waals surface area (Å²) in [6, 6.07) is 4.60. The SMILES string of the molecule is CNc1nc(N)nc(SCC(=O)Cc2cccc(C(F)(F)F)c2)c1C=O. The van der Waals surface area contributed by atoms with Gasteiger partial charge in [-0.2, -0.15) is 18.2 Å². The van der Waals surface area contributed by atoms with E-state index in [0.717, 1.165) is 23.9 Å². The van der Waals surface area contributed by atoms with Gasteiger partial charge in [0.1, 0.15) is 16.6 Å². The van der Waals surface area contributed by atoms with Crippen molar-refractivity contribution in [3.05, 3.63) is 41.0 Å². The zero-order valence-electron chi connectivity index (χ0n) is 13.6. The molecule has 6 nitrogen and oxygen atoms in total. The topological polar surface area (TPSA) is 98.0 Å². The Kier molecular flexibility index (Phi) is 6.19. The van der Waals surface area contributed by atoms with Crippen molar-refractivity contribution in [3.63, 3.8) is 0 Å². The molecule has 0 fully saturated rings. The molecular weight excluding hydrogens is 369 g/mol. The Balaban J connectivity index is 2.08. The minimum atomic E-state index is -4.46. The van der Waals surface area contributed by atoms with E-state index in [9.17, 15) is 22.8 Å². The molecule has 0 spiro atoms. The summed E-state index contributed by atoms with van der Waals surface area (Å²) in [5.74, 6) is -0.209. The first-order valence-electron chi connectivity index (χ1n) is 7.35. The average molecular weight is 384 g/mol. The van der Waals surface area contributed by atoms with E-state index in [1.165, 1.54) is 12.1 Å². The fourth-order valence-electron chi connectivity index (χ4n) is 2.16. The van der Waals surface area contributed by atoms with E-state index in [0.29, 0.717) is 6.29 Å². The molecule has 0 radical (unpaired) electrons. The van der Waals surface area contributed by atoms with Crippen molar-refractivity contribution in [1.82, 2.24) is 9.97 Å². The first-order chi connectivity index (χ1) is 12.2. The molecule has 1 heterocycles. The summed E-state index contributed by atoms with van der Waals surface area (Å²) in [6.07, 6.45) is -4.08. The van der Waals surface area contributed by atoms with Gasteiger partial charge >= 0.3 is 6.18 Å². The van der Waals surface area contributed by atoms with Crippen LogP contribution in [0.2, 0.25) is 0 Å². The summed E-state index contributed by atoms with van der Waals surface area (Å²) in [7, 11) is 1.56. The van der Waals surface area contributed by atoms with Crippen molar-refractivity contribution >= 4 is 35.6 Å². The van der Waals surface area contributed by atoms with Gasteiger partial charge in [0.15, 0.2) is 6.29 Å². The number of carbonyl (C=O) groups is 2. The Morgan fingerprint density at radius 3 is 2.69 bits per heavy atom. The number of aldehydes is 1. The van der Waals surface area contributed by atoms with Gasteiger partial charge in [0.2, 0.25) is 5.95 Å². The maximum absolute atomic E-state index is 12.7. The molecule has 1 aromatic heterocycles. The largest absolute Gasteiger partial charge is 0.416 e. The molecule has 0 saturated heterocycles. The molecule has 0 amide bonds. The van der Waals surface area contributed by atoms with Crippen molar-refractivity contribution in [2.75, 3.05) is 23.9 Å². The number of anilines is 2. The van der Waals surface area contributed by atoms with Gasteiger partial charge in [0.05, 0.1) is 16.9 Å². The van der Waals surface area contributed by atoms with Crippen molar-refractivity contribution in [1.29, 1.82) is 0 Å². The quantitative estimate of drug-likeness (QED) is 0.430. The molecule has 0 atom stereocenters. The Hall–Kier alpha value is -2.62. The highest BCUT2D eigenvalue weighted by molar-refractivity contribution is 8.00. The fraction of sp³-hybridized carbons (Fsp3) is 0.250. The van der Waals surface area contributed by atoms with Gasteiger partial charge in [-0.3, -0.25) is 9.59 Å². The number of nitrogens with two attached hydrogens (primary N) is 1. The van der Waals surface area contributed by atoms with Crippen molar-refractivity contribution in [3.8, 4) is 0 Å². The molecule has 0 unspecified atom stereocenters. The van der Waals surface area contributed by atoms with Crippen LogP contribution in [-0.4, -0.2) is 34.8 Å². The summed E-state index contributed by atoms with van der Waals surface area (Å²) in [4.78, 5) is 31.1. The third-order valence-electron chi connectivity index (χ3n) is 3.31. The maximum atomic E-state index is 12.7. The van der Waals surface area contributed by atoms with E-state index in [4.69, 9.17) is 5.73 Å². The number of halogens is 3. The molecule has 26 heavy (non-hydrogen) atoms. The van der Waals surface area contributed by atoms with Gasteiger partial charge in [-0.05, 0) is 11.6 Å². The van der Waals surface area contributed by atoms with Crippen LogP contribution in [0, 0.1) is 0 Å². The van der Waals surface area contributed by atoms with Crippen LogP contribution in [0.1, 0.15) is 21.5 Å². The van der Waals surface area contributed by atoms with Crippen LogP contribution in [0.15, 0.2) is 29.3 Å². The monoisotopic (exact) mass is 384 g/mol. The summed E-state index contributed by atoms with van der Waals surface area (Å²) >= 11 is 0.978. The Labute approximate surface area is 151 Å². The van der Waals surface area contributed by atoms with E-state index in [-0.39, 0.29) is 45.9 Å². The van der Waals surface area contributed by atoms with E-state index in [1.54, 1.807) is 7.05 Å². The van der Waals surface area contributed by atoms with Crippen molar-refractivity contribution in [2.45, 2.75) is 17.6 Å². The van der Waals surface area contributed by atoms with E-state index < -0.39 is 11.7 Å². The Morgan fingerprint density at radius 2 is 2.08 bits per heavy atom. The number of alkyl halides is 3. The van der Waals surface area contributed by atoms with Gasteiger partial charge in [0, 0.05) is 13.5 Å². The summed E-state index contributed by atoms with van der Waals surface area (Å²) in [6.45, 7) is 0. The van der Waals surface area contributed by atoms with Crippen LogP contribution in [-0.2, 0) is 17.4 Å². The zero-order chi connectivity index (χ0) is 19.3. The van der Waals surface area contributed by atoms with Crippen molar-refractivity contribution < 1.29 is 22.8 Å². The zero-order valence-corrected chi connectivity index (χ0v) is 14.4. The van der Waals surface area contributed by atoms with Gasteiger partial charge < -0.3 is 11.1 Å². The first-order valence-corrected chi connectivity index (χ1v) is 8.34.